The largest absolute Gasteiger partial charge is 0.341 e. The highest BCUT2D eigenvalue weighted by Crippen LogP contribution is 2.17. The van der Waals surface area contributed by atoms with E-state index >= 15 is 0 Å². The van der Waals surface area contributed by atoms with Gasteiger partial charge in [-0.05, 0) is 12.8 Å². The molecule has 0 radical (unpaired) electrons. The molecule has 0 atom stereocenters. The van der Waals surface area contributed by atoms with Crippen molar-refractivity contribution in [2.45, 2.75) is 19.4 Å². The van der Waals surface area contributed by atoms with Gasteiger partial charge in [0.05, 0.1) is 0 Å². The monoisotopic (exact) mass is 276 g/mol. The topological polar surface area (TPSA) is 117 Å². The van der Waals surface area contributed by atoms with Crippen LogP contribution in [0.1, 0.15) is 18.7 Å². The van der Waals surface area contributed by atoms with Gasteiger partial charge in [-0.25, -0.2) is 10.8 Å². The van der Waals surface area contributed by atoms with Gasteiger partial charge in [0.25, 0.3) is 0 Å². The molecule has 0 spiro atoms. The van der Waals surface area contributed by atoms with E-state index in [1.165, 1.54) is 10.8 Å². The lowest BCUT2D eigenvalue weighted by molar-refractivity contribution is -0.136. The molecule has 0 aliphatic carbocycles. The van der Waals surface area contributed by atoms with E-state index in [0.29, 0.717) is 25.9 Å². The Balaban J connectivity index is 1.89. The lowest BCUT2D eigenvalue weighted by Gasteiger charge is -2.31. The van der Waals surface area contributed by atoms with Gasteiger partial charge in [-0.1, -0.05) is 0 Å². The van der Waals surface area contributed by atoms with Crippen LogP contribution in [0, 0.1) is 17.2 Å². The molecular formula is C12H16N6O2. The Hall–Kier alpha value is -2.40. The minimum atomic E-state index is -0.182. The van der Waals surface area contributed by atoms with E-state index in [1.54, 1.807) is 11.1 Å². The third-order valence-electron chi connectivity index (χ3n) is 3.48. The first-order chi connectivity index (χ1) is 9.65. The van der Waals surface area contributed by atoms with Crippen molar-refractivity contribution >= 4 is 11.8 Å². The Morgan fingerprint density at radius 1 is 1.50 bits per heavy atom. The maximum Gasteiger partial charge on any atom is 0.242 e. The number of likely N-dealkylation sites (tertiary alicyclic amines) is 1. The summed E-state index contributed by atoms with van der Waals surface area (Å²) in [5, 5.41) is 8.84. The number of aromatic nitrogens is 2. The Bertz CT molecular complexity index is 538. The number of piperidine rings is 1. The van der Waals surface area contributed by atoms with E-state index in [-0.39, 0.29) is 30.1 Å². The molecule has 1 saturated heterocycles. The molecule has 1 aliphatic heterocycles. The molecule has 0 bridgehead atoms. The van der Waals surface area contributed by atoms with Crippen LogP contribution in [0.15, 0.2) is 12.4 Å². The summed E-state index contributed by atoms with van der Waals surface area (Å²) in [7, 11) is 0. The van der Waals surface area contributed by atoms with Crippen molar-refractivity contribution in [2.75, 3.05) is 13.1 Å². The SMILES string of the molecule is N#Cc1nccn1CC(=O)N1CCC(C(=O)NN)CC1. The van der Waals surface area contributed by atoms with Gasteiger partial charge < -0.3 is 9.47 Å². The molecule has 20 heavy (non-hydrogen) atoms. The molecule has 3 N–H and O–H groups in total. The number of nitrogens with one attached hydrogen (secondary N) is 1. The highest BCUT2D eigenvalue weighted by atomic mass is 16.2. The van der Waals surface area contributed by atoms with Gasteiger partial charge in [0.15, 0.2) is 0 Å². The highest BCUT2D eigenvalue weighted by Gasteiger charge is 2.27. The highest BCUT2D eigenvalue weighted by molar-refractivity contribution is 5.79. The quantitative estimate of drug-likeness (QED) is 0.416. The fourth-order valence-corrected chi connectivity index (χ4v) is 2.30. The fraction of sp³-hybridized carbons (Fsp3) is 0.500. The summed E-state index contributed by atoms with van der Waals surface area (Å²) in [6, 6.07) is 1.93. The summed E-state index contributed by atoms with van der Waals surface area (Å²) in [5.74, 6) is 4.92. The molecule has 1 fully saturated rings. The Kier molecular flexibility index (Phi) is 4.32. The van der Waals surface area contributed by atoms with Crippen molar-refractivity contribution in [3.63, 3.8) is 0 Å². The lowest BCUT2D eigenvalue weighted by atomic mass is 9.96. The van der Waals surface area contributed by atoms with Crippen molar-refractivity contribution in [1.82, 2.24) is 19.9 Å². The van der Waals surface area contributed by atoms with Crippen molar-refractivity contribution in [2.24, 2.45) is 11.8 Å². The number of carbonyl (C=O) groups is 2. The normalized spacial score (nSPS) is 15.7. The molecule has 0 unspecified atom stereocenters. The van der Waals surface area contributed by atoms with Crippen LogP contribution in [-0.4, -0.2) is 39.4 Å². The van der Waals surface area contributed by atoms with Crippen molar-refractivity contribution in [3.05, 3.63) is 18.2 Å². The summed E-state index contributed by atoms with van der Waals surface area (Å²) >= 11 is 0. The van der Waals surface area contributed by atoms with E-state index < -0.39 is 0 Å². The standard InChI is InChI=1S/C12H16N6O2/c13-7-10-15-3-6-18(10)8-11(19)17-4-1-9(2-5-17)12(20)16-14/h3,6,9H,1-2,4-5,8,14H2,(H,16,20). The molecule has 2 heterocycles. The second-order valence-corrected chi connectivity index (χ2v) is 4.65. The number of hydrogen-bond donors (Lipinski definition) is 2. The predicted octanol–water partition coefficient (Wildman–Crippen LogP) is -1.02. The predicted molar refractivity (Wildman–Crippen MR) is 68.6 cm³/mol. The minimum absolute atomic E-state index is 0.0777. The van der Waals surface area contributed by atoms with Crippen LogP contribution in [0.5, 0.6) is 0 Å². The molecule has 2 rings (SSSR count). The third-order valence-corrected chi connectivity index (χ3v) is 3.48. The van der Waals surface area contributed by atoms with Crippen molar-refractivity contribution < 1.29 is 9.59 Å². The van der Waals surface area contributed by atoms with Gasteiger partial charge in [-0.15, -0.1) is 0 Å². The van der Waals surface area contributed by atoms with Crippen LogP contribution in [-0.2, 0) is 16.1 Å². The molecule has 1 aliphatic rings. The summed E-state index contributed by atoms with van der Waals surface area (Å²) in [6.45, 7) is 1.14. The van der Waals surface area contributed by atoms with Crippen LogP contribution >= 0.6 is 0 Å². The fourth-order valence-electron chi connectivity index (χ4n) is 2.30. The number of nitrogens with zero attached hydrogens (tertiary/aromatic N) is 4. The molecule has 8 heteroatoms. The first kappa shape index (κ1) is 14.0. The second kappa shape index (κ2) is 6.16. The molecule has 106 valence electrons. The number of rotatable bonds is 3. The first-order valence-electron chi connectivity index (χ1n) is 6.35. The van der Waals surface area contributed by atoms with Gasteiger partial charge in [0.2, 0.25) is 17.6 Å². The van der Waals surface area contributed by atoms with E-state index in [0.717, 1.165) is 0 Å². The van der Waals surface area contributed by atoms with Gasteiger partial charge in [-0.3, -0.25) is 15.0 Å². The van der Waals surface area contributed by atoms with Crippen LogP contribution < -0.4 is 11.3 Å². The summed E-state index contributed by atoms with van der Waals surface area (Å²) in [5.41, 5.74) is 2.14. The maximum absolute atomic E-state index is 12.1. The maximum atomic E-state index is 12.1. The van der Waals surface area contributed by atoms with Crippen LogP contribution in [0.3, 0.4) is 0 Å². The van der Waals surface area contributed by atoms with Gasteiger partial charge in [0, 0.05) is 31.4 Å². The molecule has 0 aromatic carbocycles. The smallest absolute Gasteiger partial charge is 0.242 e. The average Bonchev–Trinajstić information content (AvgIpc) is 2.93. The second-order valence-electron chi connectivity index (χ2n) is 4.65. The van der Waals surface area contributed by atoms with E-state index in [9.17, 15) is 9.59 Å². The molecule has 0 saturated carbocycles. The molecule has 8 nitrogen and oxygen atoms in total. The third kappa shape index (κ3) is 2.95. The summed E-state index contributed by atoms with van der Waals surface area (Å²) in [6.07, 6.45) is 4.29. The number of amides is 2. The Morgan fingerprint density at radius 2 is 2.20 bits per heavy atom. The van der Waals surface area contributed by atoms with Crippen LogP contribution in [0.4, 0.5) is 0 Å². The molecule has 2 amide bonds. The number of nitrogens with two attached hydrogens (primary N) is 1. The van der Waals surface area contributed by atoms with E-state index in [2.05, 4.69) is 10.4 Å². The molecular weight excluding hydrogens is 260 g/mol. The Labute approximate surface area is 116 Å². The van der Waals surface area contributed by atoms with Crippen molar-refractivity contribution in [3.8, 4) is 6.07 Å². The Morgan fingerprint density at radius 3 is 2.80 bits per heavy atom. The number of imidazole rings is 1. The number of nitriles is 1. The molecule has 1 aromatic heterocycles. The van der Waals surface area contributed by atoms with Gasteiger partial charge in [-0.2, -0.15) is 5.26 Å². The number of hydrogen-bond acceptors (Lipinski definition) is 5. The number of carbonyl (C=O) groups excluding carboxylic acids is 2. The van der Waals surface area contributed by atoms with Crippen molar-refractivity contribution in [1.29, 1.82) is 5.26 Å². The van der Waals surface area contributed by atoms with Crippen LogP contribution in [0.2, 0.25) is 0 Å². The zero-order chi connectivity index (χ0) is 14.5. The number of hydrazine groups is 1. The van der Waals surface area contributed by atoms with Crippen LogP contribution in [0.25, 0.3) is 0 Å². The average molecular weight is 276 g/mol. The van der Waals surface area contributed by atoms with Gasteiger partial charge in [0.1, 0.15) is 12.6 Å². The minimum Gasteiger partial charge on any atom is -0.341 e. The first-order valence-corrected chi connectivity index (χ1v) is 6.35. The molecule has 1 aromatic rings. The summed E-state index contributed by atoms with van der Waals surface area (Å²) in [4.78, 5) is 29.1. The lowest BCUT2D eigenvalue weighted by Crippen LogP contribution is -2.45. The van der Waals surface area contributed by atoms with E-state index in [1.807, 2.05) is 6.07 Å². The van der Waals surface area contributed by atoms with E-state index in [4.69, 9.17) is 11.1 Å². The summed E-state index contributed by atoms with van der Waals surface area (Å²) < 4.78 is 1.51. The zero-order valence-corrected chi connectivity index (χ0v) is 11.0. The zero-order valence-electron chi connectivity index (χ0n) is 11.0. The van der Waals surface area contributed by atoms with Gasteiger partial charge >= 0.3 is 0 Å².